The fourth-order valence-corrected chi connectivity index (χ4v) is 5.85. The number of anilines is 3. The molecule has 1 aliphatic heterocycles. The largest absolute Gasteiger partial charge is 0.331 e. The van der Waals surface area contributed by atoms with Crippen LogP contribution in [0.3, 0.4) is 0 Å². The Morgan fingerprint density at radius 3 is 2.70 bits per heavy atom. The van der Waals surface area contributed by atoms with Crippen LogP contribution in [-0.2, 0) is 4.79 Å². The molecule has 5 rings (SSSR count). The maximum absolute atomic E-state index is 12.4. The van der Waals surface area contributed by atoms with E-state index in [9.17, 15) is 4.79 Å². The van der Waals surface area contributed by atoms with Gasteiger partial charge in [0.2, 0.25) is 5.91 Å². The monoisotopic (exact) mass is 391 g/mol. The molecule has 0 saturated heterocycles. The van der Waals surface area contributed by atoms with E-state index in [-0.39, 0.29) is 11.8 Å². The molecule has 4 nitrogen and oxygen atoms in total. The quantitative estimate of drug-likeness (QED) is 0.458. The number of amides is 1. The van der Waals surface area contributed by atoms with Crippen LogP contribution in [0.1, 0.15) is 27.7 Å². The highest BCUT2D eigenvalue weighted by atomic mass is 32.1. The normalized spacial score (nSPS) is 16.2. The second-order valence-electron chi connectivity index (χ2n) is 6.60. The summed E-state index contributed by atoms with van der Waals surface area (Å²) in [6.45, 7) is 2.15. The van der Waals surface area contributed by atoms with Crippen LogP contribution in [0.4, 0.5) is 16.6 Å². The van der Waals surface area contributed by atoms with Gasteiger partial charge in [-0.15, -0.1) is 11.3 Å². The zero-order chi connectivity index (χ0) is 18.4. The van der Waals surface area contributed by atoms with Crippen molar-refractivity contribution in [3.63, 3.8) is 0 Å². The first-order valence-corrected chi connectivity index (χ1v) is 10.4. The Morgan fingerprint density at radius 2 is 1.85 bits per heavy atom. The van der Waals surface area contributed by atoms with Gasteiger partial charge in [0, 0.05) is 27.6 Å². The summed E-state index contributed by atoms with van der Waals surface area (Å²) in [7, 11) is 0. The van der Waals surface area contributed by atoms with E-state index in [1.165, 1.54) is 20.5 Å². The van der Waals surface area contributed by atoms with Crippen LogP contribution in [0.2, 0.25) is 0 Å². The Labute approximate surface area is 164 Å². The number of carbonyl (C=O) groups excluding carboxylic acids is 1. The fraction of sp³-hybridized carbons (Fsp3) is 0.143. The van der Waals surface area contributed by atoms with Gasteiger partial charge in [-0.2, -0.15) is 0 Å². The molecule has 0 fully saturated rings. The summed E-state index contributed by atoms with van der Waals surface area (Å²) < 4.78 is 1.27. The van der Waals surface area contributed by atoms with Crippen molar-refractivity contribution in [3.05, 3.63) is 69.9 Å². The van der Waals surface area contributed by atoms with Gasteiger partial charge in [-0.25, -0.2) is 4.98 Å². The first kappa shape index (κ1) is 16.5. The molecule has 6 heteroatoms. The molecule has 1 aliphatic rings. The maximum Gasteiger partial charge on any atom is 0.226 e. The SMILES string of the molecule is Cc1sc2ccccc2c1[C@H]1CC(=O)Nc2nc(Nc3ccccc3)sc21. The summed E-state index contributed by atoms with van der Waals surface area (Å²) in [5.74, 6) is 0.766. The van der Waals surface area contributed by atoms with Crippen molar-refractivity contribution in [2.24, 2.45) is 0 Å². The average molecular weight is 392 g/mol. The van der Waals surface area contributed by atoms with E-state index in [1.54, 1.807) is 22.7 Å². The summed E-state index contributed by atoms with van der Waals surface area (Å²) >= 11 is 3.42. The lowest BCUT2D eigenvalue weighted by Crippen LogP contribution is -2.22. The van der Waals surface area contributed by atoms with E-state index >= 15 is 0 Å². The molecule has 2 N–H and O–H groups in total. The number of para-hydroxylation sites is 1. The number of hydrogen-bond donors (Lipinski definition) is 2. The number of aromatic nitrogens is 1. The third kappa shape index (κ3) is 2.91. The van der Waals surface area contributed by atoms with Crippen molar-refractivity contribution in [2.75, 3.05) is 10.6 Å². The molecular formula is C21H17N3OS2. The average Bonchev–Trinajstić information content (AvgIpc) is 3.21. The van der Waals surface area contributed by atoms with E-state index in [1.807, 2.05) is 30.3 Å². The number of rotatable bonds is 3. The number of benzene rings is 2. The molecule has 0 spiro atoms. The molecule has 1 amide bonds. The number of thiophene rings is 1. The molecule has 2 aromatic heterocycles. The van der Waals surface area contributed by atoms with E-state index in [0.29, 0.717) is 12.2 Å². The van der Waals surface area contributed by atoms with Crippen LogP contribution in [0, 0.1) is 6.92 Å². The highest BCUT2D eigenvalue weighted by molar-refractivity contribution is 7.19. The van der Waals surface area contributed by atoms with Crippen LogP contribution >= 0.6 is 22.7 Å². The van der Waals surface area contributed by atoms with Crippen LogP contribution in [-0.4, -0.2) is 10.9 Å². The van der Waals surface area contributed by atoms with Crippen LogP contribution in [0.15, 0.2) is 54.6 Å². The van der Waals surface area contributed by atoms with Gasteiger partial charge in [0.25, 0.3) is 0 Å². The molecule has 4 aromatic rings. The predicted molar refractivity (Wildman–Crippen MR) is 113 cm³/mol. The van der Waals surface area contributed by atoms with Crippen LogP contribution < -0.4 is 10.6 Å². The summed E-state index contributed by atoms with van der Waals surface area (Å²) in [6.07, 6.45) is 0.460. The van der Waals surface area contributed by atoms with Crippen molar-refractivity contribution >= 4 is 55.3 Å². The van der Waals surface area contributed by atoms with Crippen molar-refractivity contribution in [1.29, 1.82) is 0 Å². The van der Waals surface area contributed by atoms with Crippen molar-refractivity contribution < 1.29 is 4.79 Å². The molecule has 0 unspecified atom stereocenters. The van der Waals surface area contributed by atoms with E-state index in [2.05, 4.69) is 46.8 Å². The van der Waals surface area contributed by atoms with Crippen LogP contribution in [0.5, 0.6) is 0 Å². The molecular weight excluding hydrogens is 374 g/mol. The lowest BCUT2D eigenvalue weighted by atomic mass is 9.89. The minimum Gasteiger partial charge on any atom is -0.331 e. The van der Waals surface area contributed by atoms with Gasteiger partial charge in [-0.05, 0) is 36.1 Å². The zero-order valence-electron chi connectivity index (χ0n) is 14.7. The second-order valence-corrected chi connectivity index (χ2v) is 8.88. The molecule has 0 radical (unpaired) electrons. The number of nitrogens with one attached hydrogen (secondary N) is 2. The van der Waals surface area contributed by atoms with Gasteiger partial charge >= 0.3 is 0 Å². The molecule has 0 saturated carbocycles. The predicted octanol–water partition coefficient (Wildman–Crippen LogP) is 5.88. The molecule has 27 heavy (non-hydrogen) atoms. The van der Waals surface area contributed by atoms with Gasteiger partial charge in [0.1, 0.15) is 5.82 Å². The zero-order valence-corrected chi connectivity index (χ0v) is 16.3. The maximum atomic E-state index is 12.4. The van der Waals surface area contributed by atoms with Gasteiger partial charge in [-0.3, -0.25) is 4.79 Å². The molecule has 3 heterocycles. The molecule has 1 atom stereocenters. The van der Waals surface area contributed by atoms with E-state index in [0.717, 1.165) is 15.7 Å². The topological polar surface area (TPSA) is 54.0 Å². The minimum absolute atomic E-state index is 0.0266. The Morgan fingerprint density at radius 1 is 1.07 bits per heavy atom. The summed E-state index contributed by atoms with van der Waals surface area (Å²) in [4.78, 5) is 19.4. The summed E-state index contributed by atoms with van der Waals surface area (Å²) in [6, 6.07) is 18.4. The van der Waals surface area contributed by atoms with Crippen molar-refractivity contribution in [3.8, 4) is 0 Å². The smallest absolute Gasteiger partial charge is 0.226 e. The van der Waals surface area contributed by atoms with Crippen molar-refractivity contribution in [1.82, 2.24) is 4.98 Å². The van der Waals surface area contributed by atoms with Gasteiger partial charge in [-0.1, -0.05) is 47.7 Å². The number of thiazole rings is 1. The Kier molecular flexibility index (Phi) is 3.95. The van der Waals surface area contributed by atoms with Gasteiger partial charge < -0.3 is 10.6 Å². The van der Waals surface area contributed by atoms with Crippen LogP contribution in [0.25, 0.3) is 10.1 Å². The number of carbonyl (C=O) groups is 1. The van der Waals surface area contributed by atoms with Crippen molar-refractivity contribution in [2.45, 2.75) is 19.3 Å². The number of aryl methyl sites for hydroxylation is 1. The summed E-state index contributed by atoms with van der Waals surface area (Å²) in [5.41, 5.74) is 2.25. The Hall–Kier alpha value is -2.70. The summed E-state index contributed by atoms with van der Waals surface area (Å²) in [5, 5.41) is 8.35. The standard InChI is InChI=1S/C21H17N3OS2/c1-12-18(14-9-5-6-10-16(14)26-12)15-11-17(25)23-20-19(15)27-21(24-20)22-13-7-3-2-4-8-13/h2-10,15H,11H2,1H3,(H,22,24)(H,23,25)/t15-/m1/s1. The number of hydrogen-bond acceptors (Lipinski definition) is 5. The van der Waals surface area contributed by atoms with Gasteiger partial charge in [0.15, 0.2) is 5.13 Å². The third-order valence-corrected chi connectivity index (χ3v) is 7.00. The van der Waals surface area contributed by atoms with Gasteiger partial charge in [0.05, 0.1) is 4.88 Å². The Balaban J connectivity index is 1.59. The lowest BCUT2D eigenvalue weighted by molar-refractivity contribution is -0.116. The highest BCUT2D eigenvalue weighted by Crippen LogP contribution is 2.47. The number of fused-ring (bicyclic) bond motifs is 2. The molecule has 2 aromatic carbocycles. The Bertz CT molecular complexity index is 1150. The third-order valence-electron chi connectivity index (χ3n) is 4.81. The first-order chi connectivity index (χ1) is 13.2. The highest BCUT2D eigenvalue weighted by Gasteiger charge is 2.33. The molecule has 134 valence electrons. The van der Waals surface area contributed by atoms with E-state index < -0.39 is 0 Å². The minimum atomic E-state index is 0.0266. The second kappa shape index (κ2) is 6.48. The number of nitrogens with zero attached hydrogens (tertiary/aromatic N) is 1. The van der Waals surface area contributed by atoms with E-state index in [4.69, 9.17) is 0 Å². The molecule has 0 aliphatic carbocycles. The fourth-order valence-electron chi connectivity index (χ4n) is 3.67. The lowest BCUT2D eigenvalue weighted by Gasteiger charge is -2.22. The molecule has 0 bridgehead atoms. The first-order valence-electron chi connectivity index (χ1n) is 8.80.